The Morgan fingerprint density at radius 1 is 1.25 bits per heavy atom. The second kappa shape index (κ2) is 6.92. The second-order valence-corrected chi connectivity index (χ2v) is 1.78. The summed E-state index contributed by atoms with van der Waals surface area (Å²) in [5.74, 6) is 0. The number of aliphatic hydroxyl groups is 1. The summed E-state index contributed by atoms with van der Waals surface area (Å²) in [4.78, 5) is 0. The SMILES string of the molecule is COCCCCCO. The van der Waals surface area contributed by atoms with E-state index in [1.165, 1.54) is 0 Å². The highest BCUT2D eigenvalue weighted by Crippen LogP contribution is 1.92. The van der Waals surface area contributed by atoms with Gasteiger partial charge < -0.3 is 9.84 Å². The Hall–Kier alpha value is -0.0800. The van der Waals surface area contributed by atoms with Gasteiger partial charge in [-0.25, -0.2) is 0 Å². The maximum atomic E-state index is 8.32. The molecular weight excluding hydrogens is 104 g/mol. The van der Waals surface area contributed by atoms with Crippen molar-refractivity contribution in [2.75, 3.05) is 20.3 Å². The van der Waals surface area contributed by atoms with Crippen LogP contribution >= 0.6 is 0 Å². The molecule has 0 heterocycles. The molecule has 0 aromatic rings. The molecule has 0 saturated heterocycles. The minimum absolute atomic E-state index is 0.309. The Morgan fingerprint density at radius 3 is 2.50 bits per heavy atom. The molecule has 0 rings (SSSR count). The number of ether oxygens (including phenoxy) is 1. The highest BCUT2D eigenvalue weighted by atomic mass is 16.5. The summed E-state index contributed by atoms with van der Waals surface area (Å²) in [6.07, 6.45) is 3.05. The van der Waals surface area contributed by atoms with Crippen molar-refractivity contribution >= 4 is 0 Å². The van der Waals surface area contributed by atoms with Crippen molar-refractivity contribution in [1.82, 2.24) is 0 Å². The molecule has 0 unspecified atom stereocenters. The second-order valence-electron chi connectivity index (χ2n) is 1.78. The monoisotopic (exact) mass is 118 g/mol. The van der Waals surface area contributed by atoms with Crippen molar-refractivity contribution in [1.29, 1.82) is 0 Å². The fourth-order valence-electron chi connectivity index (χ4n) is 0.535. The molecule has 0 amide bonds. The third kappa shape index (κ3) is 5.92. The summed E-state index contributed by atoms with van der Waals surface area (Å²) in [6, 6.07) is 0. The Kier molecular flexibility index (Phi) is 6.85. The van der Waals surface area contributed by atoms with Gasteiger partial charge in [0, 0.05) is 20.3 Å². The molecule has 8 heavy (non-hydrogen) atoms. The Balaban J connectivity index is 2.53. The normalized spacial score (nSPS) is 9.75. The van der Waals surface area contributed by atoms with Gasteiger partial charge in [-0.05, 0) is 19.3 Å². The van der Waals surface area contributed by atoms with E-state index in [-0.39, 0.29) is 0 Å². The molecule has 0 aliphatic carbocycles. The van der Waals surface area contributed by atoms with Gasteiger partial charge in [0.2, 0.25) is 0 Å². The van der Waals surface area contributed by atoms with Crippen LogP contribution in [0.4, 0.5) is 0 Å². The Labute approximate surface area is 50.5 Å². The molecular formula is C6H14O2. The Bertz CT molecular complexity index is 31.5. The van der Waals surface area contributed by atoms with Crippen LogP contribution in [0.15, 0.2) is 0 Å². The first kappa shape index (κ1) is 7.92. The van der Waals surface area contributed by atoms with Crippen molar-refractivity contribution in [3.05, 3.63) is 0 Å². The smallest absolute Gasteiger partial charge is 0.0462 e. The molecule has 0 aromatic carbocycles. The predicted octanol–water partition coefficient (Wildman–Crippen LogP) is 0.795. The van der Waals surface area contributed by atoms with E-state index in [0.29, 0.717) is 6.61 Å². The highest BCUT2D eigenvalue weighted by molar-refractivity contribution is 4.37. The lowest BCUT2D eigenvalue weighted by atomic mass is 10.2. The van der Waals surface area contributed by atoms with Crippen LogP contribution in [-0.4, -0.2) is 25.4 Å². The summed E-state index contributed by atoms with van der Waals surface area (Å²) in [5, 5.41) is 8.32. The largest absolute Gasteiger partial charge is 0.396 e. The summed E-state index contributed by atoms with van der Waals surface area (Å²) in [6.45, 7) is 1.13. The van der Waals surface area contributed by atoms with Gasteiger partial charge in [0.05, 0.1) is 0 Å². The molecule has 0 aliphatic heterocycles. The highest BCUT2D eigenvalue weighted by Gasteiger charge is 1.84. The van der Waals surface area contributed by atoms with Gasteiger partial charge in [0.1, 0.15) is 0 Å². The van der Waals surface area contributed by atoms with Crippen LogP contribution in [-0.2, 0) is 4.74 Å². The van der Waals surface area contributed by atoms with Crippen LogP contribution in [0.1, 0.15) is 19.3 Å². The fraction of sp³-hybridized carbons (Fsp3) is 1.00. The maximum absolute atomic E-state index is 8.32. The fourth-order valence-corrected chi connectivity index (χ4v) is 0.535. The molecule has 2 nitrogen and oxygen atoms in total. The minimum atomic E-state index is 0.309. The average Bonchev–Trinajstić information content (AvgIpc) is 1.81. The van der Waals surface area contributed by atoms with Gasteiger partial charge in [0.25, 0.3) is 0 Å². The van der Waals surface area contributed by atoms with E-state index < -0.39 is 0 Å². The number of rotatable bonds is 5. The standard InChI is InChI=1S/C6H14O2/c1-8-6-4-2-3-5-7/h7H,2-6H2,1H3. The lowest BCUT2D eigenvalue weighted by Crippen LogP contribution is -1.89. The van der Waals surface area contributed by atoms with E-state index >= 15 is 0 Å². The third-order valence-electron chi connectivity index (χ3n) is 1.01. The molecule has 0 bridgehead atoms. The zero-order valence-electron chi connectivity index (χ0n) is 5.39. The number of aliphatic hydroxyl groups excluding tert-OH is 1. The Morgan fingerprint density at radius 2 is 2.00 bits per heavy atom. The van der Waals surface area contributed by atoms with Crippen molar-refractivity contribution in [2.24, 2.45) is 0 Å². The molecule has 0 fully saturated rings. The molecule has 0 radical (unpaired) electrons. The first-order chi connectivity index (χ1) is 3.91. The molecule has 1 N–H and O–H groups in total. The van der Waals surface area contributed by atoms with Gasteiger partial charge in [-0.15, -0.1) is 0 Å². The quantitative estimate of drug-likeness (QED) is 0.541. The van der Waals surface area contributed by atoms with Gasteiger partial charge in [-0.3, -0.25) is 0 Å². The van der Waals surface area contributed by atoms with Crippen LogP contribution in [0.3, 0.4) is 0 Å². The van der Waals surface area contributed by atoms with Crippen molar-refractivity contribution in [2.45, 2.75) is 19.3 Å². The van der Waals surface area contributed by atoms with Gasteiger partial charge in [0.15, 0.2) is 0 Å². The van der Waals surface area contributed by atoms with Crippen LogP contribution in [0.5, 0.6) is 0 Å². The van der Waals surface area contributed by atoms with E-state index in [9.17, 15) is 0 Å². The first-order valence-corrected chi connectivity index (χ1v) is 3.01. The zero-order valence-corrected chi connectivity index (χ0v) is 5.39. The van der Waals surface area contributed by atoms with Crippen molar-refractivity contribution in [3.63, 3.8) is 0 Å². The molecule has 0 atom stereocenters. The third-order valence-corrected chi connectivity index (χ3v) is 1.01. The lowest BCUT2D eigenvalue weighted by molar-refractivity contribution is 0.188. The van der Waals surface area contributed by atoms with E-state index in [2.05, 4.69) is 0 Å². The summed E-state index contributed by atoms with van der Waals surface area (Å²) in [5.41, 5.74) is 0. The van der Waals surface area contributed by atoms with Crippen LogP contribution in [0.25, 0.3) is 0 Å². The summed E-state index contributed by atoms with van der Waals surface area (Å²) >= 11 is 0. The molecule has 0 saturated carbocycles. The summed E-state index contributed by atoms with van der Waals surface area (Å²) in [7, 11) is 1.69. The number of hydrogen-bond acceptors (Lipinski definition) is 2. The zero-order chi connectivity index (χ0) is 6.24. The topological polar surface area (TPSA) is 29.5 Å². The van der Waals surface area contributed by atoms with Crippen LogP contribution in [0.2, 0.25) is 0 Å². The predicted molar refractivity (Wildman–Crippen MR) is 32.8 cm³/mol. The molecule has 0 spiro atoms. The van der Waals surface area contributed by atoms with Gasteiger partial charge in [-0.1, -0.05) is 0 Å². The van der Waals surface area contributed by atoms with Gasteiger partial charge in [-0.2, -0.15) is 0 Å². The lowest BCUT2D eigenvalue weighted by Gasteiger charge is -1.94. The maximum Gasteiger partial charge on any atom is 0.0462 e. The molecule has 50 valence electrons. The summed E-state index contributed by atoms with van der Waals surface area (Å²) < 4.78 is 4.81. The number of unbranched alkanes of at least 4 members (excludes halogenated alkanes) is 2. The minimum Gasteiger partial charge on any atom is -0.396 e. The number of hydrogen-bond donors (Lipinski definition) is 1. The van der Waals surface area contributed by atoms with E-state index in [1.807, 2.05) is 0 Å². The number of methoxy groups -OCH3 is 1. The first-order valence-electron chi connectivity index (χ1n) is 3.01. The van der Waals surface area contributed by atoms with Crippen molar-refractivity contribution in [3.8, 4) is 0 Å². The van der Waals surface area contributed by atoms with Crippen molar-refractivity contribution < 1.29 is 9.84 Å². The van der Waals surface area contributed by atoms with Gasteiger partial charge >= 0.3 is 0 Å². The van der Waals surface area contributed by atoms with E-state index in [0.717, 1.165) is 25.9 Å². The van der Waals surface area contributed by atoms with E-state index in [4.69, 9.17) is 9.84 Å². The van der Waals surface area contributed by atoms with Crippen LogP contribution in [0, 0.1) is 0 Å². The average molecular weight is 118 g/mol. The molecule has 2 heteroatoms. The van der Waals surface area contributed by atoms with Crippen LogP contribution < -0.4 is 0 Å². The molecule has 0 aliphatic rings. The van der Waals surface area contributed by atoms with E-state index in [1.54, 1.807) is 7.11 Å². The molecule has 0 aromatic heterocycles.